The Bertz CT molecular complexity index is 1180. The highest BCUT2D eigenvalue weighted by Crippen LogP contribution is 2.41. The van der Waals surface area contributed by atoms with Gasteiger partial charge in [0.05, 0.1) is 0 Å². The zero-order chi connectivity index (χ0) is 24.6. The molecule has 0 saturated carbocycles. The monoisotopic (exact) mass is 448 g/mol. The standard InChI is InChI=1S/C33H36O/c1-31(2,24-13-9-7-10-14-24)27-21-28(32(3,4)25-15-11-8-12-16-25)23-29(22-27)33(5,6)26-17-19-30(34)20-18-26/h7-23,34H,1-6H3. The fraction of sp³-hybridized carbons (Fsp3) is 0.273. The molecule has 1 N–H and O–H groups in total. The van der Waals surface area contributed by atoms with E-state index in [2.05, 4.69) is 120 Å². The molecule has 0 saturated heterocycles. The van der Waals surface area contributed by atoms with Crippen molar-refractivity contribution in [2.24, 2.45) is 0 Å². The molecule has 4 aromatic carbocycles. The second-order valence-electron chi connectivity index (χ2n) is 11.0. The largest absolute Gasteiger partial charge is 0.508 e. The van der Waals surface area contributed by atoms with Crippen LogP contribution in [-0.2, 0) is 16.2 Å². The van der Waals surface area contributed by atoms with Gasteiger partial charge in [-0.05, 0) is 45.5 Å². The van der Waals surface area contributed by atoms with Crippen molar-refractivity contribution in [1.29, 1.82) is 0 Å². The first-order chi connectivity index (χ1) is 16.0. The molecule has 4 aromatic rings. The lowest BCUT2D eigenvalue weighted by Gasteiger charge is -2.35. The third-order valence-electron chi connectivity index (χ3n) is 7.68. The quantitative estimate of drug-likeness (QED) is 0.314. The van der Waals surface area contributed by atoms with E-state index in [1.165, 1.54) is 33.4 Å². The van der Waals surface area contributed by atoms with E-state index >= 15 is 0 Å². The van der Waals surface area contributed by atoms with E-state index in [0.29, 0.717) is 5.75 Å². The molecule has 0 bridgehead atoms. The molecule has 1 heteroatoms. The first-order valence-corrected chi connectivity index (χ1v) is 12.1. The van der Waals surface area contributed by atoms with Crippen LogP contribution >= 0.6 is 0 Å². The number of phenols is 1. The van der Waals surface area contributed by atoms with Gasteiger partial charge in [0.15, 0.2) is 0 Å². The van der Waals surface area contributed by atoms with Gasteiger partial charge in [0, 0.05) is 16.2 Å². The fourth-order valence-corrected chi connectivity index (χ4v) is 4.80. The molecule has 0 unspecified atom stereocenters. The van der Waals surface area contributed by atoms with Gasteiger partial charge in [-0.3, -0.25) is 0 Å². The van der Waals surface area contributed by atoms with Gasteiger partial charge in [0.1, 0.15) is 5.75 Å². The lowest BCUT2D eigenvalue weighted by Crippen LogP contribution is -2.26. The maximum atomic E-state index is 9.85. The summed E-state index contributed by atoms with van der Waals surface area (Å²) in [6.07, 6.45) is 0. The van der Waals surface area contributed by atoms with Crippen LogP contribution in [0, 0.1) is 0 Å². The Hall–Kier alpha value is -3.32. The van der Waals surface area contributed by atoms with E-state index in [9.17, 15) is 5.11 Å². The molecule has 0 heterocycles. The Balaban J connectivity index is 1.94. The Morgan fingerprint density at radius 3 is 1.00 bits per heavy atom. The Morgan fingerprint density at radius 2 is 0.676 bits per heavy atom. The van der Waals surface area contributed by atoms with Gasteiger partial charge in [-0.15, -0.1) is 0 Å². The summed E-state index contributed by atoms with van der Waals surface area (Å²) in [4.78, 5) is 0. The fourth-order valence-electron chi connectivity index (χ4n) is 4.80. The minimum atomic E-state index is -0.224. The average molecular weight is 449 g/mol. The Labute approximate surface area is 205 Å². The third-order valence-corrected chi connectivity index (χ3v) is 7.68. The summed E-state index contributed by atoms with van der Waals surface area (Å²) in [5.41, 5.74) is 7.16. The molecule has 34 heavy (non-hydrogen) atoms. The average Bonchev–Trinajstić information content (AvgIpc) is 2.85. The Morgan fingerprint density at radius 1 is 0.382 bits per heavy atom. The Kier molecular flexibility index (Phi) is 6.16. The summed E-state index contributed by atoms with van der Waals surface area (Å²) in [5.74, 6) is 0.296. The van der Waals surface area contributed by atoms with Gasteiger partial charge < -0.3 is 5.11 Å². The van der Waals surface area contributed by atoms with E-state index in [1.807, 2.05) is 12.1 Å². The SMILES string of the molecule is CC(C)(c1ccccc1)c1cc(C(C)(C)c2ccccc2)cc(C(C)(C)c2ccc(O)cc2)c1. The maximum Gasteiger partial charge on any atom is 0.115 e. The van der Waals surface area contributed by atoms with Crippen LogP contribution in [0.3, 0.4) is 0 Å². The minimum Gasteiger partial charge on any atom is -0.508 e. The molecule has 0 aliphatic heterocycles. The summed E-state index contributed by atoms with van der Waals surface area (Å²) in [5, 5.41) is 9.85. The van der Waals surface area contributed by atoms with E-state index in [4.69, 9.17) is 0 Å². The topological polar surface area (TPSA) is 20.2 Å². The van der Waals surface area contributed by atoms with Crippen LogP contribution in [-0.4, -0.2) is 5.11 Å². The van der Waals surface area contributed by atoms with E-state index < -0.39 is 0 Å². The summed E-state index contributed by atoms with van der Waals surface area (Å²) < 4.78 is 0. The molecular weight excluding hydrogens is 412 g/mol. The summed E-state index contributed by atoms with van der Waals surface area (Å²) in [7, 11) is 0. The van der Waals surface area contributed by atoms with Crippen molar-refractivity contribution >= 4 is 0 Å². The molecule has 0 spiro atoms. The predicted octanol–water partition coefficient (Wildman–Crippen LogP) is 8.37. The van der Waals surface area contributed by atoms with Crippen LogP contribution in [0.2, 0.25) is 0 Å². The molecular formula is C33H36O. The highest BCUT2D eigenvalue weighted by atomic mass is 16.3. The number of rotatable bonds is 6. The molecule has 0 amide bonds. The third kappa shape index (κ3) is 4.40. The second-order valence-corrected chi connectivity index (χ2v) is 11.0. The van der Waals surface area contributed by atoms with Crippen LogP contribution < -0.4 is 0 Å². The number of benzene rings is 4. The lowest BCUT2D eigenvalue weighted by molar-refractivity contribution is 0.474. The molecule has 0 radical (unpaired) electrons. The lowest BCUT2D eigenvalue weighted by atomic mass is 9.69. The van der Waals surface area contributed by atoms with Crippen molar-refractivity contribution < 1.29 is 5.11 Å². The van der Waals surface area contributed by atoms with Crippen LogP contribution in [0.4, 0.5) is 0 Å². The summed E-state index contributed by atoms with van der Waals surface area (Å²) >= 11 is 0. The molecule has 0 aromatic heterocycles. The molecule has 0 atom stereocenters. The second kappa shape index (κ2) is 8.80. The van der Waals surface area contributed by atoms with Crippen molar-refractivity contribution in [1.82, 2.24) is 0 Å². The van der Waals surface area contributed by atoms with Crippen molar-refractivity contribution in [3.63, 3.8) is 0 Å². The molecule has 0 aliphatic rings. The molecule has 0 fully saturated rings. The zero-order valence-corrected chi connectivity index (χ0v) is 21.3. The van der Waals surface area contributed by atoms with Crippen molar-refractivity contribution in [2.75, 3.05) is 0 Å². The van der Waals surface area contributed by atoms with Crippen molar-refractivity contribution in [3.8, 4) is 5.75 Å². The first-order valence-electron chi connectivity index (χ1n) is 12.1. The number of hydrogen-bond acceptors (Lipinski definition) is 1. The van der Waals surface area contributed by atoms with E-state index in [0.717, 1.165) is 0 Å². The van der Waals surface area contributed by atoms with Crippen LogP contribution in [0.1, 0.15) is 74.9 Å². The van der Waals surface area contributed by atoms with Crippen LogP contribution in [0.25, 0.3) is 0 Å². The highest BCUT2D eigenvalue weighted by molar-refractivity contribution is 5.50. The summed E-state index contributed by atoms with van der Waals surface area (Å²) in [6.45, 7) is 13.8. The van der Waals surface area contributed by atoms with Gasteiger partial charge in [-0.25, -0.2) is 0 Å². The van der Waals surface area contributed by atoms with Gasteiger partial charge in [-0.2, -0.15) is 0 Å². The van der Waals surface area contributed by atoms with Gasteiger partial charge >= 0.3 is 0 Å². The van der Waals surface area contributed by atoms with Gasteiger partial charge in [-0.1, -0.05) is 133 Å². The minimum absolute atomic E-state index is 0.149. The smallest absolute Gasteiger partial charge is 0.115 e. The van der Waals surface area contributed by atoms with E-state index in [1.54, 1.807) is 12.1 Å². The highest BCUT2D eigenvalue weighted by Gasteiger charge is 2.32. The zero-order valence-electron chi connectivity index (χ0n) is 21.3. The predicted molar refractivity (Wildman–Crippen MR) is 144 cm³/mol. The van der Waals surface area contributed by atoms with Crippen LogP contribution in [0.5, 0.6) is 5.75 Å². The summed E-state index contributed by atoms with van der Waals surface area (Å²) in [6, 6.07) is 36.3. The maximum absolute atomic E-state index is 9.85. The number of hydrogen-bond donors (Lipinski definition) is 1. The molecule has 174 valence electrons. The van der Waals surface area contributed by atoms with Crippen molar-refractivity contribution in [3.05, 3.63) is 137 Å². The van der Waals surface area contributed by atoms with Crippen LogP contribution in [0.15, 0.2) is 103 Å². The molecule has 4 rings (SSSR count). The van der Waals surface area contributed by atoms with Gasteiger partial charge in [0.2, 0.25) is 0 Å². The van der Waals surface area contributed by atoms with Gasteiger partial charge in [0.25, 0.3) is 0 Å². The first kappa shape index (κ1) is 23.8. The van der Waals surface area contributed by atoms with Crippen molar-refractivity contribution in [2.45, 2.75) is 57.8 Å². The number of aromatic hydroxyl groups is 1. The molecule has 1 nitrogen and oxygen atoms in total. The molecule has 0 aliphatic carbocycles. The number of phenolic OH excluding ortho intramolecular Hbond substituents is 1. The van der Waals surface area contributed by atoms with E-state index in [-0.39, 0.29) is 16.2 Å². The normalized spacial score (nSPS) is 12.5.